The molecule has 5 nitrogen and oxygen atoms in total. The molecular formula is C15H26N2O3S. The summed E-state index contributed by atoms with van der Waals surface area (Å²) in [5.74, 6) is 1.19. The van der Waals surface area contributed by atoms with Gasteiger partial charge in [0.2, 0.25) is 5.09 Å². The molecule has 0 atom stereocenters. The Kier molecular flexibility index (Phi) is 5.11. The van der Waals surface area contributed by atoms with Crippen molar-refractivity contribution in [1.29, 1.82) is 0 Å². The lowest BCUT2D eigenvalue weighted by Crippen LogP contribution is -2.39. The van der Waals surface area contributed by atoms with Gasteiger partial charge in [-0.3, -0.25) is 0 Å². The molecule has 0 unspecified atom stereocenters. The number of nitrogens with one attached hydrogen (secondary N) is 2. The molecule has 0 spiro atoms. The second-order valence-corrected chi connectivity index (χ2v) is 8.43. The quantitative estimate of drug-likeness (QED) is 0.773. The van der Waals surface area contributed by atoms with E-state index >= 15 is 0 Å². The molecule has 1 aliphatic rings. The lowest BCUT2D eigenvalue weighted by Gasteiger charge is -2.38. The second kappa shape index (κ2) is 6.50. The van der Waals surface area contributed by atoms with Crippen molar-refractivity contribution in [3.63, 3.8) is 0 Å². The Hall–Kier alpha value is -0.850. The Morgan fingerprint density at radius 1 is 1.33 bits per heavy atom. The first-order valence-corrected chi connectivity index (χ1v) is 9.08. The average Bonchev–Trinajstić information content (AvgIpc) is 2.83. The molecule has 0 aliphatic heterocycles. The minimum atomic E-state index is -3.53. The van der Waals surface area contributed by atoms with E-state index < -0.39 is 10.0 Å². The molecule has 1 heterocycles. The van der Waals surface area contributed by atoms with Crippen molar-refractivity contribution in [3.05, 3.63) is 17.9 Å². The lowest BCUT2D eigenvalue weighted by molar-refractivity contribution is 0.166. The molecule has 0 bridgehead atoms. The van der Waals surface area contributed by atoms with Gasteiger partial charge in [0, 0.05) is 6.54 Å². The van der Waals surface area contributed by atoms with Crippen molar-refractivity contribution in [1.82, 2.24) is 10.0 Å². The molecule has 2 rings (SSSR count). The van der Waals surface area contributed by atoms with Crippen LogP contribution in [0.25, 0.3) is 0 Å². The first kappa shape index (κ1) is 16.5. The maximum atomic E-state index is 12.2. The SMILES string of the molecule is CC(C)CNCc1ccc(S(=O)(=O)NCC2(C)CCC2)o1. The zero-order valence-electron chi connectivity index (χ0n) is 13.1. The predicted octanol–water partition coefficient (Wildman–Crippen LogP) is 2.49. The fraction of sp³-hybridized carbons (Fsp3) is 0.733. The molecule has 1 saturated carbocycles. The van der Waals surface area contributed by atoms with Crippen molar-refractivity contribution in [2.45, 2.75) is 51.7 Å². The van der Waals surface area contributed by atoms with Crippen LogP contribution >= 0.6 is 0 Å². The van der Waals surface area contributed by atoms with E-state index in [0.29, 0.717) is 24.8 Å². The molecule has 1 aromatic heterocycles. The van der Waals surface area contributed by atoms with Gasteiger partial charge in [0.05, 0.1) is 6.54 Å². The Labute approximate surface area is 127 Å². The van der Waals surface area contributed by atoms with Crippen LogP contribution in [0.2, 0.25) is 0 Å². The first-order valence-electron chi connectivity index (χ1n) is 7.60. The van der Waals surface area contributed by atoms with E-state index in [1.165, 1.54) is 12.5 Å². The Morgan fingerprint density at radius 3 is 2.62 bits per heavy atom. The molecule has 1 fully saturated rings. The first-order chi connectivity index (χ1) is 9.81. The molecule has 2 N–H and O–H groups in total. The van der Waals surface area contributed by atoms with E-state index in [-0.39, 0.29) is 10.5 Å². The Balaban J connectivity index is 1.89. The van der Waals surface area contributed by atoms with Crippen LogP contribution in [0, 0.1) is 11.3 Å². The van der Waals surface area contributed by atoms with Gasteiger partial charge in [0.1, 0.15) is 5.76 Å². The number of sulfonamides is 1. The summed E-state index contributed by atoms with van der Waals surface area (Å²) >= 11 is 0. The summed E-state index contributed by atoms with van der Waals surface area (Å²) in [6.07, 6.45) is 3.35. The second-order valence-electron chi connectivity index (χ2n) is 6.73. The molecule has 0 saturated heterocycles. The maximum Gasteiger partial charge on any atom is 0.273 e. The van der Waals surface area contributed by atoms with Gasteiger partial charge >= 0.3 is 0 Å². The van der Waals surface area contributed by atoms with Crippen LogP contribution in [0.5, 0.6) is 0 Å². The zero-order valence-corrected chi connectivity index (χ0v) is 13.9. The third kappa shape index (κ3) is 4.56. The normalized spacial score (nSPS) is 17.9. The molecule has 0 amide bonds. The van der Waals surface area contributed by atoms with E-state index in [9.17, 15) is 8.42 Å². The number of rotatable bonds is 8. The zero-order chi connectivity index (χ0) is 15.5. The summed E-state index contributed by atoms with van der Waals surface area (Å²) in [6, 6.07) is 3.24. The van der Waals surface area contributed by atoms with Gasteiger partial charge in [-0.05, 0) is 42.9 Å². The fourth-order valence-corrected chi connectivity index (χ4v) is 3.52. The van der Waals surface area contributed by atoms with Crippen molar-refractivity contribution in [2.24, 2.45) is 11.3 Å². The third-order valence-electron chi connectivity index (χ3n) is 4.00. The van der Waals surface area contributed by atoms with Crippen LogP contribution in [-0.4, -0.2) is 21.5 Å². The highest BCUT2D eigenvalue weighted by molar-refractivity contribution is 7.89. The Morgan fingerprint density at radius 2 is 2.05 bits per heavy atom. The number of furan rings is 1. The highest BCUT2D eigenvalue weighted by atomic mass is 32.2. The van der Waals surface area contributed by atoms with Crippen molar-refractivity contribution >= 4 is 10.0 Å². The summed E-state index contributed by atoms with van der Waals surface area (Å²) < 4.78 is 32.5. The Bertz CT molecular complexity index is 559. The van der Waals surface area contributed by atoms with Crippen LogP contribution in [-0.2, 0) is 16.6 Å². The van der Waals surface area contributed by atoms with E-state index in [1.807, 2.05) is 0 Å². The topological polar surface area (TPSA) is 71.3 Å². The molecular weight excluding hydrogens is 288 g/mol. The lowest BCUT2D eigenvalue weighted by atomic mass is 9.71. The van der Waals surface area contributed by atoms with Gasteiger partial charge in [0.25, 0.3) is 10.0 Å². The van der Waals surface area contributed by atoms with Crippen LogP contribution in [0.4, 0.5) is 0 Å². The van der Waals surface area contributed by atoms with Gasteiger partial charge in [-0.2, -0.15) is 0 Å². The van der Waals surface area contributed by atoms with Gasteiger partial charge in [-0.15, -0.1) is 0 Å². The van der Waals surface area contributed by atoms with Gasteiger partial charge in [-0.1, -0.05) is 27.2 Å². The summed E-state index contributed by atoms with van der Waals surface area (Å²) in [5.41, 5.74) is 0.112. The average molecular weight is 314 g/mol. The van der Waals surface area contributed by atoms with Crippen molar-refractivity contribution in [2.75, 3.05) is 13.1 Å². The van der Waals surface area contributed by atoms with E-state index in [2.05, 4.69) is 30.8 Å². The van der Waals surface area contributed by atoms with Crippen LogP contribution in [0.3, 0.4) is 0 Å². The van der Waals surface area contributed by atoms with Gasteiger partial charge < -0.3 is 9.73 Å². The standard InChI is InChI=1S/C15H26N2O3S/c1-12(2)9-16-10-13-5-6-14(20-13)21(18,19)17-11-15(3)7-4-8-15/h5-6,12,16-17H,4,7-11H2,1-3H3. The number of hydrogen-bond donors (Lipinski definition) is 2. The molecule has 1 aromatic rings. The monoisotopic (exact) mass is 314 g/mol. The van der Waals surface area contributed by atoms with Crippen molar-refractivity contribution in [3.8, 4) is 0 Å². The summed E-state index contributed by atoms with van der Waals surface area (Å²) in [6.45, 7) is 8.26. The van der Waals surface area contributed by atoms with Crippen LogP contribution in [0.15, 0.2) is 21.6 Å². The van der Waals surface area contributed by atoms with E-state index in [0.717, 1.165) is 19.4 Å². The van der Waals surface area contributed by atoms with E-state index in [1.54, 1.807) is 6.07 Å². The van der Waals surface area contributed by atoms with E-state index in [4.69, 9.17) is 4.42 Å². The highest BCUT2D eigenvalue weighted by Crippen LogP contribution is 2.39. The van der Waals surface area contributed by atoms with Gasteiger partial charge in [0.15, 0.2) is 0 Å². The smallest absolute Gasteiger partial charge is 0.273 e. The fourth-order valence-electron chi connectivity index (χ4n) is 2.38. The minimum Gasteiger partial charge on any atom is -0.447 e. The molecule has 6 heteroatoms. The molecule has 0 aromatic carbocycles. The molecule has 1 aliphatic carbocycles. The van der Waals surface area contributed by atoms with Crippen molar-refractivity contribution < 1.29 is 12.8 Å². The highest BCUT2D eigenvalue weighted by Gasteiger charge is 2.33. The van der Waals surface area contributed by atoms with Crippen LogP contribution in [0.1, 0.15) is 45.8 Å². The summed E-state index contributed by atoms with van der Waals surface area (Å²) in [4.78, 5) is 0. The minimum absolute atomic E-state index is 0.00627. The predicted molar refractivity (Wildman–Crippen MR) is 82.4 cm³/mol. The molecule has 21 heavy (non-hydrogen) atoms. The largest absolute Gasteiger partial charge is 0.447 e. The third-order valence-corrected chi connectivity index (χ3v) is 5.28. The van der Waals surface area contributed by atoms with Gasteiger partial charge in [-0.25, -0.2) is 13.1 Å². The summed E-state index contributed by atoms with van der Waals surface area (Å²) in [7, 11) is -3.53. The molecule has 120 valence electrons. The molecule has 0 radical (unpaired) electrons. The maximum absolute atomic E-state index is 12.2. The van der Waals surface area contributed by atoms with Crippen LogP contribution < -0.4 is 10.0 Å². The number of hydrogen-bond acceptors (Lipinski definition) is 4. The summed E-state index contributed by atoms with van der Waals surface area (Å²) in [5, 5.41) is 3.24.